The van der Waals surface area contributed by atoms with Gasteiger partial charge in [0.2, 0.25) is 10.0 Å². The molecule has 3 aliphatic rings. The van der Waals surface area contributed by atoms with Gasteiger partial charge in [0.1, 0.15) is 18.2 Å². The molecule has 0 unspecified atom stereocenters. The van der Waals surface area contributed by atoms with Crippen LogP contribution in [-0.4, -0.2) is 73.5 Å². The van der Waals surface area contributed by atoms with Crippen LogP contribution in [-0.2, 0) is 14.8 Å². The normalized spacial score (nSPS) is 24.0. The smallest absolute Gasteiger partial charge is 0.409 e. The molecule has 5 rings (SSSR count). The maximum absolute atomic E-state index is 14.1. The van der Waals surface area contributed by atoms with Gasteiger partial charge >= 0.3 is 6.09 Å². The Hall–Kier alpha value is -2.56. The molecule has 212 valence electrons. The summed E-state index contributed by atoms with van der Waals surface area (Å²) in [6.07, 6.45) is 7.52. The van der Waals surface area contributed by atoms with E-state index in [2.05, 4.69) is 4.90 Å². The summed E-state index contributed by atoms with van der Waals surface area (Å²) in [5.41, 5.74) is 0.538. The number of sulfonamides is 1. The molecule has 2 saturated heterocycles. The molecule has 0 bridgehead atoms. The Balaban J connectivity index is 1.30. The largest absolute Gasteiger partial charge is 0.448 e. The van der Waals surface area contributed by atoms with E-state index in [9.17, 15) is 22.0 Å². The van der Waals surface area contributed by atoms with Gasteiger partial charge in [-0.2, -0.15) is 4.31 Å². The Morgan fingerprint density at radius 2 is 1.56 bits per heavy atom. The Morgan fingerprint density at radius 3 is 2.26 bits per heavy atom. The van der Waals surface area contributed by atoms with Crippen LogP contribution in [0.4, 0.5) is 13.6 Å². The zero-order chi connectivity index (χ0) is 27.4. The quantitative estimate of drug-likeness (QED) is 0.477. The number of rotatable bonds is 6. The van der Waals surface area contributed by atoms with Crippen LogP contribution in [0.5, 0.6) is 0 Å². The van der Waals surface area contributed by atoms with E-state index in [0.717, 1.165) is 25.2 Å². The van der Waals surface area contributed by atoms with Crippen LogP contribution < -0.4 is 0 Å². The Kier molecular flexibility index (Phi) is 8.83. The Morgan fingerprint density at radius 1 is 0.846 bits per heavy atom. The number of piperidine rings is 1. The fourth-order valence-electron chi connectivity index (χ4n) is 6.31. The highest BCUT2D eigenvalue weighted by atomic mass is 32.2. The van der Waals surface area contributed by atoms with Gasteiger partial charge in [0.15, 0.2) is 0 Å². The summed E-state index contributed by atoms with van der Waals surface area (Å²) in [5, 5.41) is 0. The molecule has 2 heterocycles. The van der Waals surface area contributed by atoms with Crippen molar-refractivity contribution >= 4 is 16.1 Å². The molecule has 3 fully saturated rings. The van der Waals surface area contributed by atoms with Crippen LogP contribution in [0.15, 0.2) is 53.4 Å². The lowest BCUT2D eigenvalue weighted by molar-refractivity contribution is 0.0382. The first-order chi connectivity index (χ1) is 18.8. The van der Waals surface area contributed by atoms with Crippen LogP contribution >= 0.6 is 0 Å². The second-order valence-electron chi connectivity index (χ2n) is 10.8. The predicted molar refractivity (Wildman–Crippen MR) is 144 cm³/mol. The lowest BCUT2D eigenvalue weighted by atomic mass is 9.93. The molecule has 2 atom stereocenters. The summed E-state index contributed by atoms with van der Waals surface area (Å²) < 4.78 is 62.5. The molecule has 0 N–H and O–H groups in total. The van der Waals surface area contributed by atoms with E-state index in [1.165, 1.54) is 60.7 Å². The van der Waals surface area contributed by atoms with Gasteiger partial charge in [-0.05, 0) is 74.1 Å². The standard InChI is InChI=1S/C29H37F2N3O4S/c30-23-12-14-27(15-13-23)39(36,37)34-26(10-5-11-28(34)22-6-4-7-24(31)20-22)21-38-29(35)33-18-16-32(17-19-33)25-8-2-1-3-9-25/h4,6-7,12-15,20,25-26,28H,1-3,5,8-11,16-19,21H2/t26-,28+/m1/s1. The molecule has 0 radical (unpaired) electrons. The van der Waals surface area contributed by atoms with Crippen molar-refractivity contribution in [2.75, 3.05) is 32.8 Å². The minimum absolute atomic E-state index is 0.0534. The molecule has 0 spiro atoms. The molecule has 2 aliphatic heterocycles. The molecule has 1 saturated carbocycles. The first-order valence-corrected chi connectivity index (χ1v) is 15.5. The van der Waals surface area contributed by atoms with Crippen molar-refractivity contribution in [3.8, 4) is 0 Å². The lowest BCUT2D eigenvalue weighted by Gasteiger charge is -2.42. The predicted octanol–water partition coefficient (Wildman–Crippen LogP) is 5.34. The number of hydrogen-bond acceptors (Lipinski definition) is 5. The molecule has 39 heavy (non-hydrogen) atoms. The number of carbonyl (C=O) groups is 1. The van der Waals surface area contributed by atoms with Crippen LogP contribution in [0.3, 0.4) is 0 Å². The van der Waals surface area contributed by atoms with E-state index in [4.69, 9.17) is 4.74 Å². The average Bonchev–Trinajstić information content (AvgIpc) is 2.96. The van der Waals surface area contributed by atoms with Gasteiger partial charge in [0, 0.05) is 32.2 Å². The number of benzene rings is 2. The monoisotopic (exact) mass is 561 g/mol. The van der Waals surface area contributed by atoms with Gasteiger partial charge in [-0.1, -0.05) is 31.4 Å². The highest BCUT2D eigenvalue weighted by Gasteiger charge is 2.41. The van der Waals surface area contributed by atoms with Gasteiger partial charge in [0.25, 0.3) is 0 Å². The SMILES string of the molecule is O=C(OC[C@H]1CCC[C@@H](c2cccc(F)c2)N1S(=O)(=O)c1ccc(F)cc1)N1CCN(C2CCCCC2)CC1. The lowest BCUT2D eigenvalue weighted by Crippen LogP contribution is -2.53. The van der Waals surface area contributed by atoms with E-state index in [0.29, 0.717) is 44.0 Å². The third-order valence-electron chi connectivity index (χ3n) is 8.37. The Bertz CT molecular complexity index is 1230. The summed E-state index contributed by atoms with van der Waals surface area (Å²) in [4.78, 5) is 17.1. The number of nitrogens with zero attached hydrogens (tertiary/aromatic N) is 3. The molecular formula is C29H37F2N3O4S. The zero-order valence-corrected chi connectivity index (χ0v) is 23.0. The number of piperazine rings is 1. The second kappa shape index (κ2) is 12.3. The topological polar surface area (TPSA) is 70.2 Å². The first-order valence-electron chi connectivity index (χ1n) is 14.0. The third-order valence-corrected chi connectivity index (χ3v) is 10.3. The minimum Gasteiger partial charge on any atom is -0.448 e. The number of hydrogen-bond donors (Lipinski definition) is 0. The van der Waals surface area contributed by atoms with Crippen molar-refractivity contribution in [2.45, 2.75) is 74.4 Å². The van der Waals surface area contributed by atoms with Crippen LogP contribution in [0.1, 0.15) is 63.0 Å². The highest BCUT2D eigenvalue weighted by molar-refractivity contribution is 7.89. The van der Waals surface area contributed by atoms with E-state index in [1.54, 1.807) is 17.0 Å². The van der Waals surface area contributed by atoms with E-state index < -0.39 is 39.8 Å². The Labute approximate surface area is 229 Å². The highest BCUT2D eigenvalue weighted by Crippen LogP contribution is 2.39. The van der Waals surface area contributed by atoms with Crippen molar-refractivity contribution in [3.05, 3.63) is 65.7 Å². The summed E-state index contributed by atoms with van der Waals surface area (Å²) in [6, 6.07) is 9.95. The summed E-state index contributed by atoms with van der Waals surface area (Å²) in [7, 11) is -4.10. The van der Waals surface area contributed by atoms with Crippen molar-refractivity contribution < 1.29 is 26.7 Å². The van der Waals surface area contributed by atoms with E-state index in [1.807, 2.05) is 0 Å². The molecule has 2 aromatic carbocycles. The summed E-state index contributed by atoms with van der Waals surface area (Å²) >= 11 is 0. The molecule has 7 nitrogen and oxygen atoms in total. The van der Waals surface area contributed by atoms with Crippen molar-refractivity contribution in [1.82, 2.24) is 14.1 Å². The van der Waals surface area contributed by atoms with E-state index in [-0.39, 0.29) is 11.5 Å². The number of halogens is 2. The molecular weight excluding hydrogens is 524 g/mol. The van der Waals surface area contributed by atoms with Crippen molar-refractivity contribution in [2.24, 2.45) is 0 Å². The van der Waals surface area contributed by atoms with Gasteiger partial charge in [-0.15, -0.1) is 0 Å². The van der Waals surface area contributed by atoms with Crippen LogP contribution in [0.25, 0.3) is 0 Å². The zero-order valence-electron chi connectivity index (χ0n) is 22.2. The minimum atomic E-state index is -4.10. The number of carbonyl (C=O) groups excluding carboxylic acids is 1. The average molecular weight is 562 g/mol. The van der Waals surface area contributed by atoms with E-state index >= 15 is 0 Å². The maximum atomic E-state index is 14.1. The maximum Gasteiger partial charge on any atom is 0.409 e. The summed E-state index contributed by atoms with van der Waals surface area (Å²) in [5.74, 6) is -0.990. The fourth-order valence-corrected chi connectivity index (χ4v) is 8.15. The van der Waals surface area contributed by atoms with Crippen LogP contribution in [0.2, 0.25) is 0 Å². The van der Waals surface area contributed by atoms with Gasteiger partial charge in [-0.25, -0.2) is 22.0 Å². The molecule has 1 aliphatic carbocycles. The molecule has 1 amide bonds. The van der Waals surface area contributed by atoms with Gasteiger partial charge < -0.3 is 9.64 Å². The number of amides is 1. The van der Waals surface area contributed by atoms with Crippen molar-refractivity contribution in [3.63, 3.8) is 0 Å². The first kappa shape index (κ1) is 28.0. The van der Waals surface area contributed by atoms with Crippen LogP contribution in [0, 0.1) is 11.6 Å². The molecule has 0 aromatic heterocycles. The second-order valence-corrected chi connectivity index (χ2v) is 12.7. The van der Waals surface area contributed by atoms with Gasteiger partial charge in [-0.3, -0.25) is 4.90 Å². The van der Waals surface area contributed by atoms with Gasteiger partial charge in [0.05, 0.1) is 17.0 Å². The fraction of sp³-hybridized carbons (Fsp3) is 0.552. The molecule has 2 aromatic rings. The molecule has 10 heteroatoms. The summed E-state index contributed by atoms with van der Waals surface area (Å²) in [6.45, 7) is 2.70. The number of ether oxygens (including phenoxy) is 1. The third kappa shape index (κ3) is 6.44. The van der Waals surface area contributed by atoms with Crippen molar-refractivity contribution in [1.29, 1.82) is 0 Å².